The maximum absolute atomic E-state index is 13.3. The Morgan fingerprint density at radius 2 is 1.78 bits per heavy atom. The highest BCUT2D eigenvalue weighted by atomic mass is 35.5. The fourth-order valence-electron chi connectivity index (χ4n) is 4.09. The van der Waals surface area contributed by atoms with Crippen LogP contribution in [0.2, 0.25) is 10.2 Å². The molecular formula is C28H28Cl2N2O3S. The van der Waals surface area contributed by atoms with Crippen molar-refractivity contribution in [3.63, 3.8) is 0 Å². The molecule has 0 aliphatic heterocycles. The summed E-state index contributed by atoms with van der Waals surface area (Å²) in [6.07, 6.45) is 0.830. The summed E-state index contributed by atoms with van der Waals surface area (Å²) in [6.45, 7) is 11.8. The lowest BCUT2D eigenvalue weighted by Crippen LogP contribution is -2.29. The maximum atomic E-state index is 13.3. The van der Waals surface area contributed by atoms with Crippen LogP contribution < -0.4 is 0 Å². The van der Waals surface area contributed by atoms with Gasteiger partial charge >= 0.3 is 5.97 Å². The van der Waals surface area contributed by atoms with Gasteiger partial charge in [0.2, 0.25) is 0 Å². The molecule has 36 heavy (non-hydrogen) atoms. The van der Waals surface area contributed by atoms with Gasteiger partial charge in [-0.25, -0.2) is 14.8 Å². The van der Waals surface area contributed by atoms with Crippen molar-refractivity contribution in [1.29, 1.82) is 0 Å². The van der Waals surface area contributed by atoms with Crippen LogP contribution in [0, 0.1) is 13.8 Å². The Balaban J connectivity index is 2.05. The third-order valence-electron chi connectivity index (χ3n) is 5.60. The first kappa shape index (κ1) is 26.6. The van der Waals surface area contributed by atoms with Crippen molar-refractivity contribution in [2.75, 3.05) is 6.61 Å². The van der Waals surface area contributed by atoms with E-state index < -0.39 is 17.7 Å². The molecule has 0 saturated heterocycles. The number of ether oxygens (including phenoxy) is 2. The van der Waals surface area contributed by atoms with E-state index in [2.05, 4.69) is 4.98 Å². The Hall–Kier alpha value is -2.51. The van der Waals surface area contributed by atoms with E-state index in [-0.39, 0.29) is 6.61 Å². The molecule has 188 valence electrons. The van der Waals surface area contributed by atoms with Crippen LogP contribution in [0.4, 0.5) is 0 Å². The highest BCUT2D eigenvalue weighted by Crippen LogP contribution is 2.45. The fraction of sp³-hybridized carbons (Fsp3) is 0.321. The molecule has 0 N–H and O–H groups in total. The average Bonchev–Trinajstić information content (AvgIpc) is 3.22. The Labute approximate surface area is 225 Å². The molecule has 2 aromatic carbocycles. The molecule has 0 bridgehead atoms. The van der Waals surface area contributed by atoms with Crippen molar-refractivity contribution >= 4 is 50.7 Å². The molecule has 0 saturated carbocycles. The summed E-state index contributed by atoms with van der Waals surface area (Å²) in [4.78, 5) is 22.4. The summed E-state index contributed by atoms with van der Waals surface area (Å²) in [6, 6.07) is 11.4. The monoisotopic (exact) mass is 542 g/mol. The lowest BCUT2D eigenvalue weighted by Gasteiger charge is -2.29. The molecule has 4 aromatic rings. The third kappa shape index (κ3) is 5.57. The minimum atomic E-state index is -0.914. The molecule has 0 aliphatic carbocycles. The number of benzene rings is 2. The molecule has 2 aromatic heterocycles. The van der Waals surface area contributed by atoms with E-state index >= 15 is 0 Å². The number of rotatable bonds is 6. The summed E-state index contributed by atoms with van der Waals surface area (Å²) in [7, 11) is 0. The van der Waals surface area contributed by atoms with Gasteiger partial charge in [0.25, 0.3) is 0 Å². The minimum Gasteiger partial charge on any atom is -0.464 e. The lowest BCUT2D eigenvalue weighted by atomic mass is 9.91. The van der Waals surface area contributed by atoms with E-state index in [0.717, 1.165) is 48.6 Å². The van der Waals surface area contributed by atoms with Crippen LogP contribution in [0.1, 0.15) is 50.5 Å². The van der Waals surface area contributed by atoms with Crippen LogP contribution in [0.3, 0.4) is 0 Å². The van der Waals surface area contributed by atoms with E-state index in [4.69, 9.17) is 37.7 Å². The number of carbonyl (C=O) groups is 1. The van der Waals surface area contributed by atoms with Crippen LogP contribution in [0.15, 0.2) is 42.6 Å². The first-order chi connectivity index (χ1) is 17.0. The number of carbonyl (C=O) groups excluding carboxylic acids is 1. The number of pyridine rings is 1. The zero-order chi connectivity index (χ0) is 26.2. The van der Waals surface area contributed by atoms with E-state index in [9.17, 15) is 4.79 Å². The van der Waals surface area contributed by atoms with Crippen molar-refractivity contribution in [2.45, 2.75) is 53.2 Å². The number of hydrogen-bond donors (Lipinski definition) is 0. The molecule has 1 atom stereocenters. The van der Waals surface area contributed by atoms with Crippen LogP contribution >= 0.6 is 34.5 Å². The van der Waals surface area contributed by atoms with Crippen LogP contribution in [0.25, 0.3) is 31.9 Å². The second-order valence-electron chi connectivity index (χ2n) is 9.54. The Morgan fingerprint density at radius 3 is 2.42 bits per heavy atom. The normalized spacial score (nSPS) is 12.7. The maximum Gasteiger partial charge on any atom is 0.339 e. The van der Waals surface area contributed by atoms with Crippen molar-refractivity contribution in [3.05, 3.63) is 69.5 Å². The molecule has 0 radical (unpaired) electrons. The highest BCUT2D eigenvalue weighted by molar-refractivity contribution is 7.22. The van der Waals surface area contributed by atoms with E-state index in [1.807, 2.05) is 71.0 Å². The SMILES string of the molecule is CCOC(=O)[C@@H](OC(C)(C)C)c1c(C)cc2nc(-c3cc(Cl)ncc3C)sc2c1-c1ccc(Cl)cc1. The molecule has 0 aliphatic rings. The molecule has 0 amide bonds. The first-order valence-corrected chi connectivity index (χ1v) is 13.2. The van der Waals surface area contributed by atoms with Crippen LogP contribution in [-0.2, 0) is 14.3 Å². The van der Waals surface area contributed by atoms with Crippen LogP contribution in [-0.4, -0.2) is 28.1 Å². The highest BCUT2D eigenvalue weighted by Gasteiger charge is 2.33. The second-order valence-corrected chi connectivity index (χ2v) is 11.4. The van der Waals surface area contributed by atoms with E-state index in [1.165, 1.54) is 0 Å². The first-order valence-electron chi connectivity index (χ1n) is 11.7. The Bertz CT molecular complexity index is 1430. The van der Waals surface area contributed by atoms with E-state index in [0.29, 0.717) is 10.2 Å². The molecule has 5 nitrogen and oxygen atoms in total. The number of aryl methyl sites for hydroxylation is 2. The standard InChI is InChI=1S/C28H28Cl2N2O3S/c1-7-34-27(33)24(35-28(4,5)6)22-15(2)12-20-25(23(22)17-8-10-18(29)11-9-17)36-26(32-20)19-13-21(30)31-14-16(19)3/h8-14,24H,7H2,1-6H3/t24-/m0/s1. The van der Waals surface area contributed by atoms with Gasteiger partial charge in [0.15, 0.2) is 6.10 Å². The van der Waals surface area contributed by atoms with Gasteiger partial charge in [-0.3, -0.25) is 0 Å². The Morgan fingerprint density at radius 1 is 1.08 bits per heavy atom. The van der Waals surface area contributed by atoms with Crippen molar-refractivity contribution in [2.24, 2.45) is 0 Å². The number of hydrogen-bond acceptors (Lipinski definition) is 6. The quantitative estimate of drug-likeness (QED) is 0.181. The molecule has 4 rings (SSSR count). The lowest BCUT2D eigenvalue weighted by molar-refractivity contribution is -0.166. The third-order valence-corrected chi connectivity index (χ3v) is 7.18. The predicted molar refractivity (Wildman–Crippen MR) is 148 cm³/mol. The largest absolute Gasteiger partial charge is 0.464 e. The van der Waals surface area contributed by atoms with Gasteiger partial charge in [0.05, 0.1) is 22.4 Å². The number of aromatic nitrogens is 2. The summed E-state index contributed by atoms with van der Waals surface area (Å²) < 4.78 is 12.7. The minimum absolute atomic E-state index is 0.257. The van der Waals surface area contributed by atoms with Gasteiger partial charge in [-0.05, 0) is 82.5 Å². The van der Waals surface area contributed by atoms with E-state index in [1.54, 1.807) is 24.5 Å². The zero-order valence-electron chi connectivity index (χ0n) is 21.1. The van der Waals surface area contributed by atoms with Gasteiger partial charge in [-0.15, -0.1) is 11.3 Å². The summed E-state index contributed by atoms with van der Waals surface area (Å²) in [5, 5.41) is 1.86. The van der Waals surface area contributed by atoms with Crippen molar-refractivity contribution in [1.82, 2.24) is 9.97 Å². The van der Waals surface area contributed by atoms with Gasteiger partial charge in [-0.1, -0.05) is 35.3 Å². The summed E-state index contributed by atoms with van der Waals surface area (Å²) in [5.74, 6) is -0.424. The fourth-order valence-corrected chi connectivity index (χ4v) is 5.58. The molecule has 8 heteroatoms. The molecule has 2 heterocycles. The van der Waals surface area contributed by atoms with Crippen molar-refractivity contribution in [3.8, 4) is 21.7 Å². The summed E-state index contributed by atoms with van der Waals surface area (Å²) >= 11 is 14.0. The molecule has 0 spiro atoms. The molecular weight excluding hydrogens is 515 g/mol. The molecule has 0 fully saturated rings. The van der Waals surface area contributed by atoms with Crippen molar-refractivity contribution < 1.29 is 14.3 Å². The predicted octanol–water partition coefficient (Wildman–Crippen LogP) is 8.37. The zero-order valence-corrected chi connectivity index (χ0v) is 23.4. The van der Waals surface area contributed by atoms with Gasteiger partial charge in [0, 0.05) is 27.9 Å². The number of thiazole rings is 1. The number of nitrogens with zero attached hydrogens (tertiary/aromatic N) is 2. The smallest absolute Gasteiger partial charge is 0.339 e. The van der Waals surface area contributed by atoms with Gasteiger partial charge < -0.3 is 9.47 Å². The number of fused-ring (bicyclic) bond motifs is 1. The van der Waals surface area contributed by atoms with Gasteiger partial charge in [-0.2, -0.15) is 0 Å². The summed E-state index contributed by atoms with van der Waals surface area (Å²) in [5.41, 5.74) is 5.58. The number of halogens is 2. The van der Waals surface area contributed by atoms with Crippen LogP contribution in [0.5, 0.6) is 0 Å². The topological polar surface area (TPSA) is 61.3 Å². The Kier molecular flexibility index (Phi) is 7.72. The van der Waals surface area contributed by atoms with Gasteiger partial charge in [0.1, 0.15) is 10.2 Å². The average molecular weight is 544 g/mol. The number of esters is 1. The second kappa shape index (κ2) is 10.5. The molecule has 0 unspecified atom stereocenters.